The van der Waals surface area contributed by atoms with E-state index in [4.69, 9.17) is 0 Å². The second-order valence-electron chi connectivity index (χ2n) is 4.63. The molecule has 0 nitrogen and oxygen atoms in total. The van der Waals surface area contributed by atoms with Gasteiger partial charge in [0.25, 0.3) is 0 Å². The maximum atomic E-state index is 2.26. The summed E-state index contributed by atoms with van der Waals surface area (Å²) in [5, 5.41) is 0. The molecule has 0 aliphatic carbocycles. The average molecular weight is 274 g/mol. The number of hydrogen-bond acceptors (Lipinski definition) is 2. The Balaban J connectivity index is 2.14. The van der Waals surface area contributed by atoms with Gasteiger partial charge >= 0.3 is 0 Å². The smallest absolute Gasteiger partial charge is 0.0244 e. The summed E-state index contributed by atoms with van der Waals surface area (Å²) >= 11 is 0. The first kappa shape index (κ1) is 13.6. The van der Waals surface area contributed by atoms with Crippen molar-refractivity contribution in [2.75, 3.05) is 0 Å². The maximum absolute atomic E-state index is 2.26. The van der Waals surface area contributed by atoms with Crippen molar-refractivity contribution in [2.45, 2.75) is 37.5 Å². The van der Waals surface area contributed by atoms with Gasteiger partial charge in [0.15, 0.2) is 0 Å². The van der Waals surface area contributed by atoms with Gasteiger partial charge in [-0.05, 0) is 62.1 Å². The average Bonchev–Trinajstić information content (AvgIpc) is 2.33. The van der Waals surface area contributed by atoms with E-state index in [0.717, 1.165) is 0 Å². The molecule has 0 unspecified atom stereocenters. The van der Waals surface area contributed by atoms with E-state index >= 15 is 0 Å². The van der Waals surface area contributed by atoms with E-state index in [0.29, 0.717) is 0 Å². The van der Waals surface area contributed by atoms with Crippen LogP contribution < -0.4 is 0 Å². The molecule has 0 fully saturated rings. The Morgan fingerprint density at radius 2 is 1.33 bits per heavy atom. The molecule has 0 spiro atoms. The Bertz CT molecular complexity index is 539. The molecule has 94 valence electrons. The molecule has 2 rings (SSSR count). The topological polar surface area (TPSA) is 0 Å². The Labute approximate surface area is 118 Å². The molecule has 0 radical (unpaired) electrons. The lowest BCUT2D eigenvalue weighted by molar-refractivity contribution is 1.22. The van der Waals surface area contributed by atoms with E-state index in [-0.39, 0.29) is 0 Å². The monoisotopic (exact) mass is 274 g/mol. The molecule has 0 saturated heterocycles. The largest absolute Gasteiger partial charge is 0.0617 e. The van der Waals surface area contributed by atoms with Crippen molar-refractivity contribution in [3.8, 4) is 0 Å². The van der Waals surface area contributed by atoms with Crippen LogP contribution in [0.1, 0.15) is 22.3 Å². The summed E-state index contributed by atoms with van der Waals surface area (Å²) in [6.07, 6.45) is 0. The highest BCUT2D eigenvalue weighted by Gasteiger charge is 2.04. The highest BCUT2D eigenvalue weighted by atomic mass is 33.1. The third kappa shape index (κ3) is 3.12. The van der Waals surface area contributed by atoms with Gasteiger partial charge in [-0.1, -0.05) is 45.9 Å². The fourth-order valence-corrected chi connectivity index (χ4v) is 4.35. The zero-order chi connectivity index (χ0) is 13.1. The third-order valence-corrected chi connectivity index (χ3v) is 5.78. The minimum absolute atomic E-state index is 1.32. The van der Waals surface area contributed by atoms with Crippen LogP contribution in [0, 0.1) is 27.7 Å². The summed E-state index contributed by atoms with van der Waals surface area (Å²) in [4.78, 5) is 2.71. The second-order valence-corrected chi connectivity index (χ2v) is 6.85. The number of rotatable bonds is 3. The van der Waals surface area contributed by atoms with Crippen molar-refractivity contribution in [2.24, 2.45) is 0 Å². The summed E-state index contributed by atoms with van der Waals surface area (Å²) in [5.41, 5.74) is 5.44. The molecular formula is C16H18S2. The maximum Gasteiger partial charge on any atom is 0.0244 e. The molecule has 0 N–H and O–H groups in total. The molecule has 0 aliphatic heterocycles. The Kier molecular flexibility index (Phi) is 4.41. The second kappa shape index (κ2) is 5.85. The van der Waals surface area contributed by atoms with Gasteiger partial charge in [-0.15, -0.1) is 0 Å². The summed E-state index contributed by atoms with van der Waals surface area (Å²) in [7, 11) is 3.70. The van der Waals surface area contributed by atoms with E-state index in [9.17, 15) is 0 Å². The van der Waals surface area contributed by atoms with Crippen LogP contribution in [-0.2, 0) is 0 Å². The third-order valence-electron chi connectivity index (χ3n) is 3.11. The van der Waals surface area contributed by atoms with Crippen LogP contribution in [-0.4, -0.2) is 0 Å². The van der Waals surface area contributed by atoms with Gasteiger partial charge in [-0.3, -0.25) is 0 Å². The lowest BCUT2D eigenvalue weighted by atomic mass is 10.1. The van der Waals surface area contributed by atoms with Crippen LogP contribution >= 0.6 is 21.6 Å². The van der Waals surface area contributed by atoms with Gasteiger partial charge < -0.3 is 0 Å². The quantitative estimate of drug-likeness (QED) is 0.656. The van der Waals surface area contributed by atoms with E-state index < -0.39 is 0 Å². The molecule has 0 heterocycles. The van der Waals surface area contributed by atoms with E-state index in [1.165, 1.54) is 32.0 Å². The first-order chi connectivity index (χ1) is 8.58. The summed E-state index contributed by atoms with van der Waals surface area (Å²) in [6, 6.07) is 13.1. The lowest BCUT2D eigenvalue weighted by Crippen LogP contribution is -1.83. The molecule has 18 heavy (non-hydrogen) atoms. The predicted molar refractivity (Wildman–Crippen MR) is 83.5 cm³/mol. The van der Waals surface area contributed by atoms with Crippen LogP contribution in [0.5, 0.6) is 0 Å². The molecule has 0 saturated carbocycles. The number of hydrogen-bond donors (Lipinski definition) is 0. The predicted octanol–water partition coefficient (Wildman–Crippen LogP) is 5.72. The van der Waals surface area contributed by atoms with Gasteiger partial charge in [0, 0.05) is 9.79 Å². The zero-order valence-electron chi connectivity index (χ0n) is 11.3. The summed E-state index contributed by atoms with van der Waals surface area (Å²) in [5.74, 6) is 0. The van der Waals surface area contributed by atoms with Crippen LogP contribution in [0.4, 0.5) is 0 Å². The first-order valence-corrected chi connectivity index (χ1v) is 8.21. The number of aryl methyl sites for hydroxylation is 4. The van der Waals surface area contributed by atoms with Crippen LogP contribution in [0.25, 0.3) is 0 Å². The Morgan fingerprint density at radius 1 is 0.667 bits per heavy atom. The highest BCUT2D eigenvalue weighted by Crippen LogP contribution is 2.40. The minimum Gasteiger partial charge on any atom is -0.0617 e. The minimum atomic E-state index is 1.32. The summed E-state index contributed by atoms with van der Waals surface area (Å²) in [6.45, 7) is 8.68. The lowest BCUT2D eigenvalue weighted by Gasteiger charge is -2.09. The van der Waals surface area contributed by atoms with Crippen molar-refractivity contribution in [3.63, 3.8) is 0 Å². The standard InChI is InChI=1S/C16H18S2/c1-11-8-9-15(10-14(11)4)17-18-16-12(2)6-5-7-13(16)3/h5-10H,1-4H3. The molecule has 2 aromatic carbocycles. The Morgan fingerprint density at radius 3 is 1.94 bits per heavy atom. The molecule has 0 amide bonds. The van der Waals surface area contributed by atoms with Crippen molar-refractivity contribution in [1.29, 1.82) is 0 Å². The molecular weight excluding hydrogens is 256 g/mol. The van der Waals surface area contributed by atoms with Crippen molar-refractivity contribution >= 4 is 21.6 Å². The van der Waals surface area contributed by atoms with Crippen LogP contribution in [0.3, 0.4) is 0 Å². The molecule has 2 aromatic rings. The van der Waals surface area contributed by atoms with E-state index in [2.05, 4.69) is 64.1 Å². The van der Waals surface area contributed by atoms with Crippen molar-refractivity contribution in [1.82, 2.24) is 0 Å². The SMILES string of the molecule is Cc1ccc(SSc2c(C)cccc2C)cc1C. The first-order valence-electron chi connectivity index (χ1n) is 6.06. The van der Waals surface area contributed by atoms with Crippen molar-refractivity contribution < 1.29 is 0 Å². The van der Waals surface area contributed by atoms with Crippen LogP contribution in [0.2, 0.25) is 0 Å². The van der Waals surface area contributed by atoms with Gasteiger partial charge in [-0.2, -0.15) is 0 Å². The van der Waals surface area contributed by atoms with Gasteiger partial charge in [0.2, 0.25) is 0 Å². The molecule has 0 bridgehead atoms. The van der Waals surface area contributed by atoms with Gasteiger partial charge in [0.05, 0.1) is 0 Å². The molecule has 0 aromatic heterocycles. The highest BCUT2D eigenvalue weighted by molar-refractivity contribution is 8.76. The van der Waals surface area contributed by atoms with E-state index in [1.807, 2.05) is 21.6 Å². The summed E-state index contributed by atoms with van der Waals surface area (Å²) < 4.78 is 0. The molecule has 2 heteroatoms. The van der Waals surface area contributed by atoms with Gasteiger partial charge in [-0.25, -0.2) is 0 Å². The normalized spacial score (nSPS) is 10.7. The zero-order valence-corrected chi connectivity index (χ0v) is 12.9. The molecule has 0 atom stereocenters. The van der Waals surface area contributed by atoms with Crippen LogP contribution in [0.15, 0.2) is 46.2 Å². The number of benzene rings is 2. The van der Waals surface area contributed by atoms with E-state index in [1.54, 1.807) is 0 Å². The van der Waals surface area contributed by atoms with Gasteiger partial charge in [0.1, 0.15) is 0 Å². The fourth-order valence-electron chi connectivity index (χ4n) is 1.79. The molecule has 0 aliphatic rings. The Hall–Kier alpha value is -0.860. The fraction of sp³-hybridized carbons (Fsp3) is 0.250. The van der Waals surface area contributed by atoms with Crippen molar-refractivity contribution in [3.05, 3.63) is 58.7 Å².